The highest BCUT2D eigenvalue weighted by atomic mass is 32.2. The molecule has 0 spiro atoms. The van der Waals surface area contributed by atoms with Crippen molar-refractivity contribution >= 4 is 33.6 Å². The third kappa shape index (κ3) is 6.79. The van der Waals surface area contributed by atoms with E-state index in [1.165, 1.54) is 38.3 Å². The zero-order chi connectivity index (χ0) is 28.3. The van der Waals surface area contributed by atoms with Crippen LogP contribution in [0, 0.1) is 0 Å². The molecule has 2 aromatic rings. The molecule has 0 saturated carbocycles. The summed E-state index contributed by atoms with van der Waals surface area (Å²) in [5, 5.41) is 14.4. The number of sulfonamides is 1. The summed E-state index contributed by atoms with van der Waals surface area (Å²) in [6.07, 6.45) is -0.736. The summed E-state index contributed by atoms with van der Waals surface area (Å²) >= 11 is 0. The summed E-state index contributed by atoms with van der Waals surface area (Å²) < 4.78 is 38.2. The highest BCUT2D eigenvalue weighted by Gasteiger charge is 2.40. The fourth-order valence-corrected chi connectivity index (χ4v) is 5.44. The van der Waals surface area contributed by atoms with E-state index in [1.54, 1.807) is 44.5 Å². The molecule has 0 unspecified atom stereocenters. The number of carbonyl (C=O) groups excluding carboxylic acids is 3. The summed E-state index contributed by atoms with van der Waals surface area (Å²) in [5.74, 6) is -0.910. The van der Waals surface area contributed by atoms with E-state index in [0.717, 1.165) is 4.31 Å². The Kier molecular flexibility index (Phi) is 8.65. The number of nitrogens with zero attached hydrogens (tertiary/aromatic N) is 1. The van der Waals surface area contributed by atoms with Gasteiger partial charge in [0.2, 0.25) is 15.9 Å². The van der Waals surface area contributed by atoms with Gasteiger partial charge >= 0.3 is 6.09 Å². The maximum absolute atomic E-state index is 13.5. The molecule has 1 aliphatic rings. The summed E-state index contributed by atoms with van der Waals surface area (Å²) in [6, 6.07) is 8.50. The Balaban J connectivity index is 1.83. The number of rotatable bonds is 7. The van der Waals surface area contributed by atoms with Gasteiger partial charge in [0.05, 0.1) is 12.0 Å². The molecule has 2 aromatic carbocycles. The molecule has 0 aromatic heterocycles. The van der Waals surface area contributed by atoms with Crippen LogP contribution in [0.4, 0.5) is 10.5 Å². The Morgan fingerprint density at radius 1 is 1.08 bits per heavy atom. The van der Waals surface area contributed by atoms with E-state index in [4.69, 9.17) is 9.47 Å². The molecule has 0 fully saturated rings. The number of fused-ring (bicyclic) bond motifs is 1. The van der Waals surface area contributed by atoms with E-state index in [-0.39, 0.29) is 17.9 Å². The zero-order valence-corrected chi connectivity index (χ0v) is 22.6. The van der Waals surface area contributed by atoms with Gasteiger partial charge in [-0.05, 0) is 81.6 Å². The van der Waals surface area contributed by atoms with Crippen molar-refractivity contribution in [2.24, 2.45) is 0 Å². The average molecular weight is 549 g/mol. The van der Waals surface area contributed by atoms with Crippen molar-refractivity contribution in [1.82, 2.24) is 15.1 Å². The molecule has 12 nitrogen and oxygen atoms in total. The fraction of sp³-hybridized carbons (Fsp3) is 0.400. The van der Waals surface area contributed by atoms with Crippen LogP contribution in [0.15, 0.2) is 47.4 Å². The summed E-state index contributed by atoms with van der Waals surface area (Å²) in [4.78, 5) is 37.0. The van der Waals surface area contributed by atoms with Crippen LogP contribution in [0.3, 0.4) is 0 Å². The average Bonchev–Trinajstić information content (AvgIpc) is 2.86. The third-order valence-electron chi connectivity index (χ3n) is 5.77. The van der Waals surface area contributed by atoms with Gasteiger partial charge in [0.15, 0.2) is 0 Å². The number of hydroxylamine groups is 1. The smallest absolute Gasteiger partial charge is 0.408 e. The number of hydrogen-bond donors (Lipinski definition) is 4. The second-order valence-corrected chi connectivity index (χ2v) is 11.7. The Morgan fingerprint density at radius 2 is 1.74 bits per heavy atom. The molecule has 38 heavy (non-hydrogen) atoms. The molecule has 3 rings (SSSR count). The van der Waals surface area contributed by atoms with Crippen LogP contribution in [0.1, 0.15) is 38.8 Å². The first-order valence-corrected chi connectivity index (χ1v) is 13.2. The topological polar surface area (TPSA) is 163 Å². The number of ether oxygens (including phenoxy) is 2. The van der Waals surface area contributed by atoms with Crippen molar-refractivity contribution in [3.8, 4) is 5.75 Å². The Hall–Kier alpha value is -3.68. The van der Waals surface area contributed by atoms with E-state index in [0.29, 0.717) is 22.6 Å². The lowest BCUT2D eigenvalue weighted by Crippen LogP contribution is -2.51. The minimum atomic E-state index is -4.15. The molecule has 13 heteroatoms. The minimum Gasteiger partial charge on any atom is -0.497 e. The van der Waals surface area contributed by atoms with E-state index in [2.05, 4.69) is 10.6 Å². The number of hydrogen-bond acceptors (Lipinski definition) is 8. The van der Waals surface area contributed by atoms with E-state index in [9.17, 15) is 28.0 Å². The lowest BCUT2D eigenvalue weighted by Gasteiger charge is -2.34. The number of benzene rings is 2. The lowest BCUT2D eigenvalue weighted by atomic mass is 9.95. The van der Waals surface area contributed by atoms with Gasteiger partial charge in [0.1, 0.15) is 23.4 Å². The second-order valence-electron chi connectivity index (χ2n) is 9.76. The van der Waals surface area contributed by atoms with Crippen molar-refractivity contribution in [3.05, 3.63) is 53.6 Å². The van der Waals surface area contributed by atoms with Crippen LogP contribution in [0.5, 0.6) is 5.75 Å². The normalized spacial score (nSPS) is 16.5. The van der Waals surface area contributed by atoms with E-state index >= 15 is 0 Å². The van der Waals surface area contributed by atoms with Crippen molar-refractivity contribution < 1.29 is 37.5 Å². The molecule has 0 saturated heterocycles. The van der Waals surface area contributed by atoms with Gasteiger partial charge in [0.25, 0.3) is 5.91 Å². The SMILES string of the molecule is COc1ccc(S(=O)(=O)N2Cc3cc(NC(=O)[C@H](C)NC(=O)OC(C)(C)C)ccc3C[C@@H]2C(=O)NO)cc1. The molecular formula is C25H32N4O8S. The maximum atomic E-state index is 13.5. The van der Waals surface area contributed by atoms with Crippen molar-refractivity contribution in [3.63, 3.8) is 0 Å². The quantitative estimate of drug-likeness (QED) is 0.302. The van der Waals surface area contributed by atoms with Crippen molar-refractivity contribution in [2.75, 3.05) is 12.4 Å². The molecule has 0 aliphatic carbocycles. The molecule has 1 aliphatic heterocycles. The number of methoxy groups -OCH3 is 1. The molecule has 1 heterocycles. The Labute approximate surface area is 221 Å². The Bertz CT molecular complexity index is 1310. The minimum absolute atomic E-state index is 0.00192. The maximum Gasteiger partial charge on any atom is 0.408 e. The first-order valence-electron chi connectivity index (χ1n) is 11.8. The van der Waals surface area contributed by atoms with Crippen LogP contribution < -0.4 is 20.9 Å². The second kappa shape index (κ2) is 11.4. The van der Waals surface area contributed by atoms with Gasteiger partial charge in [-0.3, -0.25) is 14.8 Å². The molecule has 4 N–H and O–H groups in total. The third-order valence-corrected chi connectivity index (χ3v) is 7.64. The molecule has 2 atom stereocenters. The highest BCUT2D eigenvalue weighted by molar-refractivity contribution is 7.89. The van der Waals surface area contributed by atoms with Crippen LogP contribution in [0.25, 0.3) is 0 Å². The number of amides is 3. The number of anilines is 1. The van der Waals surface area contributed by atoms with Crippen molar-refractivity contribution in [1.29, 1.82) is 0 Å². The number of carbonyl (C=O) groups is 3. The number of nitrogens with one attached hydrogen (secondary N) is 3. The monoisotopic (exact) mass is 548 g/mol. The zero-order valence-electron chi connectivity index (χ0n) is 21.8. The van der Waals surface area contributed by atoms with Crippen molar-refractivity contribution in [2.45, 2.75) is 63.2 Å². The molecule has 0 radical (unpaired) electrons. The van der Waals surface area contributed by atoms with E-state index in [1.807, 2.05) is 0 Å². The van der Waals surface area contributed by atoms with Gasteiger partial charge in [-0.1, -0.05) is 6.07 Å². The molecule has 206 valence electrons. The lowest BCUT2D eigenvalue weighted by molar-refractivity contribution is -0.133. The number of alkyl carbamates (subject to hydrolysis) is 1. The van der Waals surface area contributed by atoms with Gasteiger partial charge in [0, 0.05) is 12.2 Å². The Morgan fingerprint density at radius 3 is 2.32 bits per heavy atom. The summed E-state index contributed by atoms with van der Waals surface area (Å²) in [7, 11) is -2.70. The van der Waals surface area contributed by atoms with Gasteiger partial charge in [-0.25, -0.2) is 18.7 Å². The highest BCUT2D eigenvalue weighted by Crippen LogP contribution is 2.31. The molecule has 0 bridgehead atoms. The predicted molar refractivity (Wildman–Crippen MR) is 137 cm³/mol. The predicted octanol–water partition coefficient (Wildman–Crippen LogP) is 2.17. The van der Waals surface area contributed by atoms with Gasteiger partial charge in [-0.15, -0.1) is 0 Å². The van der Waals surface area contributed by atoms with Gasteiger partial charge in [-0.2, -0.15) is 4.31 Å². The van der Waals surface area contributed by atoms with Crippen LogP contribution >= 0.6 is 0 Å². The first-order chi connectivity index (χ1) is 17.7. The summed E-state index contributed by atoms with van der Waals surface area (Å²) in [5.41, 5.74) is 2.45. The largest absolute Gasteiger partial charge is 0.497 e. The fourth-order valence-electron chi connectivity index (χ4n) is 3.87. The standard InChI is InChI=1S/C25H32N4O8S/c1-15(26-24(32)37-25(2,3)4)22(30)27-18-7-6-16-13-21(23(31)28-33)29(14-17(16)12-18)38(34,35)20-10-8-19(36-5)9-11-20/h6-12,15,21,33H,13-14H2,1-5H3,(H,26,32)(H,27,30)(H,28,31)/t15-,21+/m0/s1. The molecule has 3 amide bonds. The first kappa shape index (κ1) is 28.9. The van der Waals surface area contributed by atoms with Crippen LogP contribution in [0.2, 0.25) is 0 Å². The summed E-state index contributed by atoms with van der Waals surface area (Å²) in [6.45, 7) is 6.43. The van der Waals surface area contributed by atoms with Gasteiger partial charge < -0.3 is 20.1 Å². The van der Waals surface area contributed by atoms with Crippen LogP contribution in [-0.4, -0.2) is 60.6 Å². The van der Waals surface area contributed by atoms with E-state index < -0.39 is 45.6 Å². The molecular weight excluding hydrogens is 516 g/mol. The van der Waals surface area contributed by atoms with Crippen LogP contribution in [-0.2, 0) is 37.3 Å².